The summed E-state index contributed by atoms with van der Waals surface area (Å²) in [5.74, 6) is 12.4. The second-order valence-corrected chi connectivity index (χ2v) is 2.87. The number of hydrogen-bond donors (Lipinski definition) is 2. The zero-order chi connectivity index (χ0) is 11.1. The molecule has 1 aromatic carbocycles. The first kappa shape index (κ1) is 11.4. The van der Waals surface area contributed by atoms with Crippen molar-refractivity contribution in [2.24, 2.45) is 5.90 Å². The third-order valence-corrected chi connectivity index (χ3v) is 1.62. The van der Waals surface area contributed by atoms with Crippen molar-refractivity contribution in [3.63, 3.8) is 0 Å². The van der Waals surface area contributed by atoms with Crippen molar-refractivity contribution < 1.29 is 14.9 Å². The van der Waals surface area contributed by atoms with Crippen LogP contribution in [0.2, 0.25) is 0 Å². The fourth-order valence-corrected chi connectivity index (χ4v) is 0.830. The Kier molecular flexibility index (Phi) is 4.53. The van der Waals surface area contributed by atoms with Gasteiger partial charge in [-0.1, -0.05) is 17.7 Å². The molecule has 0 radical (unpaired) electrons. The Morgan fingerprint density at radius 3 is 2.73 bits per heavy atom. The number of hydroxylamine groups is 1. The Labute approximate surface area is 87.6 Å². The monoisotopic (exact) mass is 209 g/mol. The largest absolute Gasteiger partial charge is 0.432 e. The molecule has 1 aromatic rings. The van der Waals surface area contributed by atoms with E-state index in [0.29, 0.717) is 5.75 Å². The van der Waals surface area contributed by atoms with E-state index in [1.165, 1.54) is 0 Å². The molecule has 1 rings (SSSR count). The highest BCUT2D eigenvalue weighted by Crippen LogP contribution is 2.11. The molecule has 1 unspecified atom stereocenters. The third kappa shape index (κ3) is 4.39. The van der Waals surface area contributed by atoms with Gasteiger partial charge in [0.05, 0.1) is 0 Å². The molecular weight excluding hydrogens is 196 g/mol. The van der Waals surface area contributed by atoms with Crippen molar-refractivity contribution >= 4 is 0 Å². The maximum Gasteiger partial charge on any atom is 0.414 e. The topological polar surface area (TPSA) is 77.1 Å². The summed E-state index contributed by atoms with van der Waals surface area (Å²) >= 11 is 0. The summed E-state index contributed by atoms with van der Waals surface area (Å²) in [7, 11) is 0. The highest BCUT2D eigenvalue weighted by Gasteiger charge is 2.00. The molecule has 0 aromatic heterocycles. The first-order valence-corrected chi connectivity index (χ1v) is 4.33. The van der Waals surface area contributed by atoms with Crippen molar-refractivity contribution in [2.45, 2.75) is 6.92 Å². The zero-order valence-corrected chi connectivity index (χ0v) is 8.36. The zero-order valence-electron chi connectivity index (χ0n) is 8.36. The molecule has 0 aliphatic heterocycles. The molecule has 80 valence electrons. The molecule has 0 amide bonds. The van der Waals surface area contributed by atoms with Crippen molar-refractivity contribution in [2.75, 3.05) is 6.54 Å². The molecule has 0 aliphatic carbocycles. The van der Waals surface area contributed by atoms with Crippen molar-refractivity contribution in [1.29, 1.82) is 0 Å². The van der Waals surface area contributed by atoms with Crippen molar-refractivity contribution in [3.05, 3.63) is 40.7 Å². The third-order valence-electron chi connectivity index (χ3n) is 1.62. The molecule has 0 fully saturated rings. The van der Waals surface area contributed by atoms with Crippen LogP contribution >= 0.6 is 0 Å². The van der Waals surface area contributed by atoms with E-state index in [4.69, 9.17) is 16.6 Å². The number of benzene rings is 1. The maximum atomic E-state index is 7.02. The average molecular weight is 209 g/mol. The fraction of sp³-hybridized carbons (Fsp3) is 0.222. The molecule has 4 N–H and O–H groups in total. The molecule has 0 aliphatic rings. The summed E-state index contributed by atoms with van der Waals surface area (Å²) in [4.78, 5) is 9.10. The molecule has 0 heterocycles. The number of nitrogens with one attached hydrogen (secondary N) is 2. The Balaban J connectivity index is 2.39. The smallest absolute Gasteiger partial charge is 0.414 e. The summed E-state index contributed by atoms with van der Waals surface area (Å²) in [5.41, 5.74) is 1.15. The highest BCUT2D eigenvalue weighted by molar-refractivity contribution is 5.26. The van der Waals surface area contributed by atoms with Crippen LogP contribution in [0.1, 0.15) is 5.56 Å². The minimum atomic E-state index is -0.119. The van der Waals surface area contributed by atoms with Gasteiger partial charge in [0.15, 0.2) is 0 Å². The molecular formula is C9H13N4O2+. The number of nitrogens with two attached hydrogens (primary N) is 1. The van der Waals surface area contributed by atoms with Crippen LogP contribution < -0.4 is 15.9 Å². The number of quaternary nitrogens is 1. The quantitative estimate of drug-likeness (QED) is 0.554. The van der Waals surface area contributed by atoms with Gasteiger partial charge >= 0.3 is 6.07 Å². The molecule has 0 saturated heterocycles. The minimum Gasteiger partial charge on any atom is -0.432 e. The van der Waals surface area contributed by atoms with E-state index in [2.05, 4.69) is 16.0 Å². The summed E-state index contributed by atoms with van der Waals surface area (Å²) < 4.78 is 0. The lowest BCUT2D eigenvalue weighted by Crippen LogP contribution is -3.05. The number of aryl methyl sites for hydroxylation is 1. The van der Waals surface area contributed by atoms with Crippen LogP contribution in [-0.4, -0.2) is 6.54 Å². The molecule has 1 atom stereocenters. The summed E-state index contributed by atoms with van der Waals surface area (Å²) in [6.07, 6.45) is 0. The lowest BCUT2D eigenvalue weighted by Gasteiger charge is -2.07. The van der Waals surface area contributed by atoms with Crippen LogP contribution in [0.5, 0.6) is 5.75 Å². The van der Waals surface area contributed by atoms with Gasteiger partial charge in [-0.25, -0.2) is 5.17 Å². The van der Waals surface area contributed by atoms with Crippen LogP contribution in [0.15, 0.2) is 24.3 Å². The molecule has 6 nitrogen and oxygen atoms in total. The first-order valence-electron chi connectivity index (χ1n) is 4.33. The summed E-state index contributed by atoms with van der Waals surface area (Å²) in [5, 5.41) is 3.41. The Morgan fingerprint density at radius 2 is 2.13 bits per heavy atom. The first-order chi connectivity index (χ1) is 7.22. The van der Waals surface area contributed by atoms with E-state index in [-0.39, 0.29) is 11.7 Å². The Bertz CT molecular complexity index is 355. The van der Waals surface area contributed by atoms with E-state index in [0.717, 1.165) is 5.56 Å². The molecule has 0 bridgehead atoms. The molecule has 6 heteroatoms. The average Bonchev–Trinajstić information content (AvgIpc) is 2.26. The van der Waals surface area contributed by atoms with E-state index in [1.807, 2.05) is 19.1 Å². The van der Waals surface area contributed by atoms with Gasteiger partial charge in [-0.05, 0) is 19.1 Å². The SMILES string of the molecule is Cc1ccc(O[N+]#CC[NH+]([NH-])ON)cc1. The van der Waals surface area contributed by atoms with Crippen molar-refractivity contribution in [3.8, 4) is 11.8 Å². The second kappa shape index (κ2) is 5.95. The van der Waals surface area contributed by atoms with Gasteiger partial charge in [0.1, 0.15) is 0 Å². The molecule has 0 saturated carbocycles. The summed E-state index contributed by atoms with van der Waals surface area (Å²) in [6, 6.07) is 9.89. The van der Waals surface area contributed by atoms with Gasteiger partial charge in [0.2, 0.25) is 17.3 Å². The van der Waals surface area contributed by atoms with Gasteiger partial charge in [-0.2, -0.15) is 5.90 Å². The number of rotatable bonds is 3. The van der Waals surface area contributed by atoms with E-state index >= 15 is 0 Å². The Hall–Kier alpha value is -1.65. The minimum absolute atomic E-state index is 0.0857. The number of nitrogens with zero attached hydrogens (tertiary/aromatic N) is 1. The van der Waals surface area contributed by atoms with E-state index in [9.17, 15) is 0 Å². The Morgan fingerprint density at radius 1 is 1.47 bits per heavy atom. The van der Waals surface area contributed by atoms with Crippen LogP contribution in [-0.2, 0) is 4.94 Å². The van der Waals surface area contributed by atoms with Gasteiger partial charge < -0.3 is 5.84 Å². The van der Waals surface area contributed by atoms with Crippen molar-refractivity contribution in [1.82, 2.24) is 0 Å². The van der Waals surface area contributed by atoms with E-state index < -0.39 is 0 Å². The number of hydrogen-bond acceptors (Lipinski definition) is 3. The lowest BCUT2D eigenvalue weighted by atomic mass is 10.2. The highest BCUT2D eigenvalue weighted by atomic mass is 16.8. The van der Waals surface area contributed by atoms with Gasteiger partial charge in [0.25, 0.3) is 0 Å². The van der Waals surface area contributed by atoms with Gasteiger partial charge in [-0.3, -0.25) is 0 Å². The van der Waals surface area contributed by atoms with Gasteiger partial charge in [0, 0.05) is 0 Å². The van der Waals surface area contributed by atoms with Gasteiger partial charge in [-0.15, -0.1) is 9.78 Å². The normalized spacial score (nSPS) is 11.4. The maximum absolute atomic E-state index is 7.02. The molecule has 15 heavy (non-hydrogen) atoms. The standard InChI is InChI=1S/C9H13N4O2/c1-8-2-4-9(5-3-8)14-12-6-7-13(10)15-11/h2-5,10,13H,7,11H2,1H3/q+1. The van der Waals surface area contributed by atoms with Crippen LogP contribution in [0, 0.1) is 13.0 Å². The summed E-state index contributed by atoms with van der Waals surface area (Å²) in [6.45, 7) is 2.07. The van der Waals surface area contributed by atoms with Crippen LogP contribution in [0.4, 0.5) is 0 Å². The van der Waals surface area contributed by atoms with Crippen LogP contribution in [0.25, 0.3) is 10.9 Å². The fourth-order valence-electron chi connectivity index (χ4n) is 0.830. The van der Waals surface area contributed by atoms with Crippen LogP contribution in [0.3, 0.4) is 0 Å². The second-order valence-electron chi connectivity index (χ2n) is 2.87. The lowest BCUT2D eigenvalue weighted by molar-refractivity contribution is -1.05. The van der Waals surface area contributed by atoms with E-state index in [1.54, 1.807) is 12.1 Å². The predicted octanol–water partition coefficient (Wildman–Crippen LogP) is 0.279. The molecule has 0 spiro atoms. The predicted molar refractivity (Wildman–Crippen MR) is 54.5 cm³/mol.